The molecule has 3 aliphatic heterocycles. The second kappa shape index (κ2) is 17.3. The van der Waals surface area contributed by atoms with Crippen molar-refractivity contribution >= 4 is 46.5 Å². The standard InChI is InChI=1S/C36H37Cl2N3O7S.H2O/c1-44-29-10-8-24(16-30(29)45-2)36(47-33-27(37)19-40-20-28(33)38)48-35(43)32-11-9-25(49-32)17-39-18-26(22-6-4-3-5-7-22)34(42)46-31-21-41-14-12-23(31)13-15-41;/h3-11,16,19-20,23,26,31,36,39H,12-15,17-18,21H2,1-2H3;1H2/t26?,31-,36+;/m0./s1. The Morgan fingerprint density at radius 3 is 2.34 bits per heavy atom. The van der Waals surface area contributed by atoms with Crippen LogP contribution in [0.1, 0.15) is 50.7 Å². The smallest absolute Gasteiger partial charge is 0.351 e. The summed E-state index contributed by atoms with van der Waals surface area (Å²) in [6.45, 7) is 3.79. The highest BCUT2D eigenvalue weighted by Gasteiger charge is 2.38. The number of pyridine rings is 1. The van der Waals surface area contributed by atoms with Crippen molar-refractivity contribution in [1.29, 1.82) is 0 Å². The molecular weight excluding hydrogens is 705 g/mol. The van der Waals surface area contributed by atoms with Gasteiger partial charge in [0.25, 0.3) is 6.29 Å². The van der Waals surface area contributed by atoms with Crippen molar-refractivity contribution in [2.75, 3.05) is 40.4 Å². The molecule has 3 N–H and O–H groups in total. The predicted octanol–water partition coefficient (Wildman–Crippen LogP) is 6.15. The summed E-state index contributed by atoms with van der Waals surface area (Å²) in [5.41, 5.74) is 1.37. The number of rotatable bonds is 14. The van der Waals surface area contributed by atoms with E-state index in [0.717, 1.165) is 42.9 Å². The van der Waals surface area contributed by atoms with E-state index >= 15 is 0 Å². The molecule has 4 aromatic rings. The highest BCUT2D eigenvalue weighted by molar-refractivity contribution is 7.13. The number of carbonyl (C=O) groups excluding carboxylic acids is 2. The van der Waals surface area contributed by atoms with Crippen molar-refractivity contribution < 1.29 is 43.7 Å². The van der Waals surface area contributed by atoms with Crippen molar-refractivity contribution in [1.82, 2.24) is 10.2 Å². The van der Waals surface area contributed by atoms with E-state index in [2.05, 4.69) is 15.2 Å². The van der Waals surface area contributed by atoms with Crippen LogP contribution in [0.25, 0.3) is 0 Å². The SMILES string of the molecule is COc1ccc([C@@H](OC(=O)c2ccc(CNCC(C(=O)O[C@H]3CN4CCC3CC4)c3ccccc3)s2)Oc2c(Cl)c[nH+]cc2Cl)cc1OC.[OH-]. The van der Waals surface area contributed by atoms with Gasteiger partial charge >= 0.3 is 11.9 Å². The largest absolute Gasteiger partial charge is 0.870 e. The fourth-order valence-corrected chi connectivity index (χ4v) is 7.52. The number of hydrogen-bond donors (Lipinski definition) is 1. The Morgan fingerprint density at radius 2 is 1.68 bits per heavy atom. The Kier molecular flexibility index (Phi) is 13.0. The molecule has 7 rings (SSSR count). The zero-order chi connectivity index (χ0) is 34.3. The zero-order valence-electron chi connectivity index (χ0n) is 27.6. The zero-order valence-corrected chi connectivity index (χ0v) is 29.9. The molecule has 2 aromatic carbocycles. The summed E-state index contributed by atoms with van der Waals surface area (Å²) in [6.07, 6.45) is 3.88. The number of thiophene rings is 1. The molecule has 1 unspecified atom stereocenters. The monoisotopic (exact) mass is 743 g/mol. The number of ether oxygens (including phenoxy) is 5. The molecule has 0 amide bonds. The number of H-pyrrole nitrogens is 1. The lowest BCUT2D eigenvalue weighted by Gasteiger charge is -2.44. The van der Waals surface area contributed by atoms with Crippen molar-refractivity contribution in [3.8, 4) is 17.2 Å². The first-order valence-electron chi connectivity index (χ1n) is 16.0. The predicted molar refractivity (Wildman–Crippen MR) is 188 cm³/mol. The lowest BCUT2D eigenvalue weighted by atomic mass is 9.85. The highest BCUT2D eigenvalue weighted by Crippen LogP contribution is 2.38. The van der Waals surface area contributed by atoms with Gasteiger partial charge in [0.1, 0.15) is 21.0 Å². The number of benzene rings is 2. The molecule has 11 nitrogen and oxygen atoms in total. The molecule has 0 aliphatic carbocycles. The number of carbonyl (C=O) groups is 2. The molecule has 3 saturated heterocycles. The van der Waals surface area contributed by atoms with Crippen LogP contribution in [0, 0.1) is 5.92 Å². The number of piperidine rings is 3. The highest BCUT2D eigenvalue weighted by atomic mass is 35.5. The molecule has 266 valence electrons. The maximum Gasteiger partial charge on any atom is 0.351 e. The number of hydrogen-bond acceptors (Lipinski definition) is 11. The second-order valence-electron chi connectivity index (χ2n) is 11.9. The van der Waals surface area contributed by atoms with E-state index in [4.69, 9.17) is 46.9 Å². The molecule has 0 radical (unpaired) electrons. The topological polar surface area (TPSA) is 140 Å². The Labute approximate surface area is 304 Å². The maximum atomic E-state index is 13.5. The van der Waals surface area contributed by atoms with Gasteiger partial charge in [0.15, 0.2) is 29.6 Å². The molecule has 0 spiro atoms. The first-order chi connectivity index (χ1) is 23.8. The molecule has 3 aliphatic rings. The van der Waals surface area contributed by atoms with Crippen molar-refractivity contribution in [2.45, 2.75) is 37.7 Å². The number of halogens is 2. The van der Waals surface area contributed by atoms with E-state index in [0.29, 0.717) is 40.9 Å². The Bertz CT molecular complexity index is 1730. The summed E-state index contributed by atoms with van der Waals surface area (Å²) >= 11 is 14.0. The van der Waals surface area contributed by atoms with Crippen molar-refractivity contribution in [3.05, 3.63) is 104 Å². The number of esters is 2. The first-order valence-corrected chi connectivity index (χ1v) is 17.6. The van der Waals surface area contributed by atoms with Crippen LogP contribution in [0.15, 0.2) is 73.1 Å². The van der Waals surface area contributed by atoms with Crippen LogP contribution in [0.3, 0.4) is 0 Å². The minimum Gasteiger partial charge on any atom is -0.870 e. The average molecular weight is 745 g/mol. The fraction of sp³-hybridized carbons (Fsp3) is 0.361. The first kappa shape index (κ1) is 37.3. The Hall–Kier alpha value is -3.91. The lowest BCUT2D eigenvalue weighted by molar-refractivity contribution is -0.377. The van der Waals surface area contributed by atoms with Gasteiger partial charge in [-0.1, -0.05) is 53.5 Å². The van der Waals surface area contributed by atoms with E-state index in [1.54, 1.807) is 24.3 Å². The molecule has 0 saturated carbocycles. The molecule has 2 aromatic heterocycles. The third-order valence-corrected chi connectivity index (χ3v) is 10.5. The van der Waals surface area contributed by atoms with Crippen LogP contribution >= 0.6 is 34.5 Å². The molecule has 50 heavy (non-hydrogen) atoms. The summed E-state index contributed by atoms with van der Waals surface area (Å²) in [5.74, 6) is 0.215. The van der Waals surface area contributed by atoms with Crippen molar-refractivity contribution in [2.24, 2.45) is 5.92 Å². The minimum absolute atomic E-state index is 0. The quantitative estimate of drug-likeness (QED) is 0.118. The van der Waals surface area contributed by atoms with Crippen LogP contribution in [-0.2, 0) is 20.8 Å². The van der Waals surface area contributed by atoms with Crippen LogP contribution in [0.4, 0.5) is 0 Å². The molecule has 14 heteroatoms. The fourth-order valence-electron chi connectivity index (χ4n) is 6.19. The number of nitrogens with one attached hydrogen (secondary N) is 2. The molecular formula is C36H39Cl2N3O8S. The van der Waals surface area contributed by atoms with E-state index in [-0.39, 0.29) is 33.3 Å². The third kappa shape index (κ3) is 8.87. The van der Waals surface area contributed by atoms with Gasteiger partial charge in [-0.25, -0.2) is 9.78 Å². The van der Waals surface area contributed by atoms with Gasteiger partial charge in [-0.3, -0.25) is 9.69 Å². The van der Waals surface area contributed by atoms with Gasteiger partial charge in [0.2, 0.25) is 0 Å². The van der Waals surface area contributed by atoms with E-state index in [1.165, 1.54) is 38.0 Å². The summed E-state index contributed by atoms with van der Waals surface area (Å²) in [6, 6.07) is 18.3. The van der Waals surface area contributed by atoms with Crippen LogP contribution in [0.5, 0.6) is 17.2 Å². The number of nitrogens with zero attached hydrogens (tertiary/aromatic N) is 1. The summed E-state index contributed by atoms with van der Waals surface area (Å²) in [5, 5.41) is 3.82. The normalized spacial score (nSPS) is 19.1. The van der Waals surface area contributed by atoms with E-state index in [1.807, 2.05) is 36.4 Å². The Morgan fingerprint density at radius 1 is 0.960 bits per heavy atom. The van der Waals surface area contributed by atoms with E-state index < -0.39 is 18.2 Å². The summed E-state index contributed by atoms with van der Waals surface area (Å²) in [7, 11) is 3.04. The maximum absolute atomic E-state index is 13.5. The number of methoxy groups -OCH3 is 2. The molecule has 3 atom stereocenters. The summed E-state index contributed by atoms with van der Waals surface area (Å²) < 4.78 is 28.9. The Balaban J connectivity index is 0.00000486. The number of aromatic amines is 1. The number of aromatic nitrogens is 1. The number of fused-ring (bicyclic) bond motifs is 3. The lowest BCUT2D eigenvalue weighted by Crippen LogP contribution is -2.52. The average Bonchev–Trinajstić information content (AvgIpc) is 3.61. The van der Waals surface area contributed by atoms with Crippen LogP contribution in [-0.4, -0.2) is 68.8 Å². The van der Waals surface area contributed by atoms with Gasteiger partial charge in [-0.2, -0.15) is 0 Å². The van der Waals surface area contributed by atoms with Gasteiger partial charge in [0, 0.05) is 30.1 Å². The molecule has 3 fully saturated rings. The van der Waals surface area contributed by atoms with E-state index in [9.17, 15) is 9.59 Å². The molecule has 2 bridgehead atoms. The van der Waals surface area contributed by atoms with Crippen molar-refractivity contribution in [3.63, 3.8) is 0 Å². The van der Waals surface area contributed by atoms with Gasteiger partial charge in [-0.05, 0) is 67.7 Å². The molecule has 5 heterocycles. The van der Waals surface area contributed by atoms with Crippen LogP contribution < -0.4 is 24.5 Å². The van der Waals surface area contributed by atoms with Gasteiger partial charge in [0.05, 0.1) is 20.1 Å². The minimum atomic E-state index is -1.22. The van der Waals surface area contributed by atoms with Crippen LogP contribution in [0.2, 0.25) is 10.0 Å². The second-order valence-corrected chi connectivity index (χ2v) is 13.9. The third-order valence-electron chi connectivity index (χ3n) is 8.83. The summed E-state index contributed by atoms with van der Waals surface area (Å²) in [4.78, 5) is 33.4. The van der Waals surface area contributed by atoms with Gasteiger partial charge < -0.3 is 34.5 Å². The van der Waals surface area contributed by atoms with Gasteiger partial charge in [-0.15, -0.1) is 11.3 Å².